The molecule has 17 nitrogen and oxygen atoms in total. The number of nitrogens with one attached hydrogen (secondary N) is 4. The van der Waals surface area contributed by atoms with Gasteiger partial charge in [0.2, 0.25) is 11.9 Å². The first kappa shape index (κ1) is 28.0. The van der Waals surface area contributed by atoms with Crippen molar-refractivity contribution in [2.24, 2.45) is 10.4 Å². The van der Waals surface area contributed by atoms with Crippen molar-refractivity contribution in [2.75, 3.05) is 10.6 Å². The number of aromatic amines is 2. The zero-order valence-corrected chi connectivity index (χ0v) is 21.6. The van der Waals surface area contributed by atoms with Gasteiger partial charge in [-0.1, -0.05) is 12.1 Å². The summed E-state index contributed by atoms with van der Waals surface area (Å²) in [5, 5.41) is 11.9. The molecule has 0 radical (unpaired) electrons. The average Bonchev–Trinajstić information content (AvgIpc) is 2.82. The van der Waals surface area contributed by atoms with Crippen LogP contribution in [0.2, 0.25) is 0 Å². The maximum absolute atomic E-state index is 12.0. The van der Waals surface area contributed by atoms with Gasteiger partial charge in [0, 0.05) is 28.7 Å². The Labute approximate surface area is 223 Å². The van der Waals surface area contributed by atoms with Crippen LogP contribution in [0.5, 0.6) is 5.75 Å². The maximum atomic E-state index is 12.0. The van der Waals surface area contributed by atoms with Crippen LogP contribution in [0.25, 0.3) is 10.8 Å². The minimum Gasteiger partial charge on any atom is -0.337 e. The molecule has 3 aromatic carbocycles. The Morgan fingerprint density at radius 1 is 0.950 bits per heavy atom. The monoisotopic (exact) mass is 591 g/mol. The summed E-state index contributed by atoms with van der Waals surface area (Å²) in [7, 11) is -9.66. The van der Waals surface area contributed by atoms with Crippen molar-refractivity contribution in [3.8, 4) is 5.75 Å². The second-order valence-corrected chi connectivity index (χ2v) is 10.7. The van der Waals surface area contributed by atoms with Gasteiger partial charge >= 0.3 is 11.4 Å². The van der Waals surface area contributed by atoms with Gasteiger partial charge in [0.05, 0.1) is 11.4 Å². The van der Waals surface area contributed by atoms with Gasteiger partial charge in [-0.15, -0.1) is 5.11 Å². The normalized spacial score (nSPS) is 12.0. The van der Waals surface area contributed by atoms with E-state index in [2.05, 4.69) is 31.0 Å². The minimum atomic E-state index is -4.87. The summed E-state index contributed by atoms with van der Waals surface area (Å²) < 4.78 is 66.7. The van der Waals surface area contributed by atoms with Crippen LogP contribution in [-0.2, 0) is 25.0 Å². The van der Waals surface area contributed by atoms with Crippen molar-refractivity contribution in [3.63, 3.8) is 0 Å². The molecule has 19 heteroatoms. The van der Waals surface area contributed by atoms with Crippen LogP contribution in [0.15, 0.2) is 78.3 Å². The van der Waals surface area contributed by atoms with Crippen LogP contribution in [0, 0.1) is 0 Å². The van der Waals surface area contributed by atoms with E-state index in [9.17, 15) is 40.3 Å². The van der Waals surface area contributed by atoms with Crippen LogP contribution in [0.4, 0.5) is 23.0 Å². The SMILES string of the molecule is CC(=O)Nc1cc(Nc2nc(=O)[nH]c(=O)[nH]2)ccc1ON=Nc1cc(S(=O)(=O)O)c2cccc(S(=O)(=O)O)c2c1. The third kappa shape index (κ3) is 6.53. The van der Waals surface area contributed by atoms with E-state index >= 15 is 0 Å². The predicted molar refractivity (Wildman–Crippen MR) is 138 cm³/mol. The Kier molecular flexibility index (Phi) is 7.46. The fourth-order valence-electron chi connectivity index (χ4n) is 3.48. The summed E-state index contributed by atoms with van der Waals surface area (Å²) in [4.78, 5) is 46.1. The minimum absolute atomic E-state index is 0.0504. The fourth-order valence-corrected chi connectivity index (χ4v) is 4.90. The van der Waals surface area contributed by atoms with E-state index in [1.807, 2.05) is 4.98 Å². The van der Waals surface area contributed by atoms with Crippen molar-refractivity contribution >= 4 is 59.9 Å². The molecule has 0 spiro atoms. The molecule has 0 fully saturated rings. The highest BCUT2D eigenvalue weighted by molar-refractivity contribution is 7.86. The third-order valence-electron chi connectivity index (χ3n) is 4.97. The lowest BCUT2D eigenvalue weighted by Gasteiger charge is -2.11. The lowest BCUT2D eigenvalue weighted by molar-refractivity contribution is -0.114. The lowest BCUT2D eigenvalue weighted by Crippen LogP contribution is -2.25. The molecule has 0 aliphatic carbocycles. The van der Waals surface area contributed by atoms with E-state index in [1.165, 1.54) is 37.3 Å². The molecule has 1 aromatic heterocycles. The van der Waals surface area contributed by atoms with Gasteiger partial charge in [-0.05, 0) is 36.4 Å². The van der Waals surface area contributed by atoms with Gasteiger partial charge in [-0.25, -0.2) is 9.59 Å². The zero-order valence-electron chi connectivity index (χ0n) is 19.9. The topological polar surface area (TPSA) is 262 Å². The molecule has 1 amide bonds. The molecule has 0 aliphatic rings. The smallest absolute Gasteiger partial charge is 0.337 e. The Balaban J connectivity index is 1.70. The number of hydrogen-bond donors (Lipinski definition) is 6. The molecule has 0 unspecified atom stereocenters. The van der Waals surface area contributed by atoms with Crippen LogP contribution >= 0.6 is 0 Å². The Morgan fingerprint density at radius 3 is 2.33 bits per heavy atom. The maximum Gasteiger partial charge on any atom is 0.352 e. The quantitative estimate of drug-likeness (QED) is 0.0974. The number of fused-ring (bicyclic) bond motifs is 1. The number of carbonyl (C=O) groups excluding carboxylic acids is 1. The molecule has 4 rings (SSSR count). The molecule has 0 saturated heterocycles. The first-order valence-electron chi connectivity index (χ1n) is 10.7. The Hall–Kier alpha value is -4.98. The molecule has 0 aliphatic heterocycles. The molecule has 40 heavy (non-hydrogen) atoms. The molecule has 208 valence electrons. The number of benzene rings is 3. The molecular weight excluding hydrogens is 574 g/mol. The van der Waals surface area contributed by atoms with E-state index in [0.717, 1.165) is 18.2 Å². The van der Waals surface area contributed by atoms with E-state index in [1.54, 1.807) is 0 Å². The summed E-state index contributed by atoms with van der Waals surface area (Å²) in [6.45, 7) is 1.21. The van der Waals surface area contributed by atoms with Crippen LogP contribution in [0.3, 0.4) is 0 Å². The highest BCUT2D eigenvalue weighted by Gasteiger charge is 2.21. The van der Waals surface area contributed by atoms with E-state index in [4.69, 9.17) is 4.84 Å². The molecule has 4 aromatic rings. The van der Waals surface area contributed by atoms with Crippen molar-refractivity contribution in [1.82, 2.24) is 15.0 Å². The van der Waals surface area contributed by atoms with Crippen molar-refractivity contribution < 1.29 is 35.6 Å². The summed E-state index contributed by atoms with van der Waals surface area (Å²) >= 11 is 0. The number of nitrogens with zero attached hydrogens (tertiary/aromatic N) is 3. The Bertz CT molecular complexity index is 1990. The van der Waals surface area contributed by atoms with Crippen LogP contribution in [-0.4, -0.2) is 46.8 Å². The number of carbonyl (C=O) groups is 1. The fraction of sp³-hybridized carbons (Fsp3) is 0.0476. The summed E-state index contributed by atoms with van der Waals surface area (Å²) in [5.41, 5.74) is -1.68. The van der Waals surface area contributed by atoms with Crippen LogP contribution < -0.4 is 26.9 Å². The van der Waals surface area contributed by atoms with Crippen LogP contribution in [0.1, 0.15) is 6.92 Å². The van der Waals surface area contributed by atoms with Gasteiger partial charge in [-0.2, -0.15) is 21.8 Å². The van der Waals surface area contributed by atoms with E-state index in [0.29, 0.717) is 0 Å². The molecule has 1 heterocycles. The van der Waals surface area contributed by atoms with Crippen molar-refractivity contribution in [3.05, 3.63) is 69.5 Å². The molecule has 6 N–H and O–H groups in total. The standard InChI is InChI=1S/C21H17N7O10S2/c1-10(29)22-15-8-11(23-19-24-20(30)26-21(31)25-19)5-6-16(15)38-28-27-12-7-14-13(18(9-12)40(35,36)37)3-2-4-17(14)39(32,33)34/h2-9H,1H3,(H,22,29)(H,32,33,34)(H,35,36,37)(H3,23,24,25,26,30,31). The zero-order chi connectivity index (χ0) is 29.2. The first-order valence-corrected chi connectivity index (χ1v) is 13.6. The number of rotatable bonds is 8. The van der Waals surface area contributed by atoms with Crippen molar-refractivity contribution in [2.45, 2.75) is 16.7 Å². The van der Waals surface area contributed by atoms with E-state index in [-0.39, 0.29) is 39.5 Å². The Morgan fingerprint density at radius 2 is 1.68 bits per heavy atom. The number of hydrogen-bond acceptors (Lipinski definition) is 12. The molecule has 0 saturated carbocycles. The molecule has 0 atom stereocenters. The summed E-state index contributed by atoms with van der Waals surface area (Å²) in [6.07, 6.45) is 0. The largest absolute Gasteiger partial charge is 0.352 e. The van der Waals surface area contributed by atoms with E-state index < -0.39 is 47.3 Å². The average molecular weight is 592 g/mol. The van der Waals surface area contributed by atoms with Gasteiger partial charge in [0.25, 0.3) is 20.2 Å². The second-order valence-electron chi connectivity index (χ2n) is 7.88. The molecular formula is C21H17N7O10S2. The van der Waals surface area contributed by atoms with Gasteiger partial charge in [0.1, 0.15) is 9.79 Å². The first-order chi connectivity index (χ1) is 18.7. The number of anilines is 3. The highest BCUT2D eigenvalue weighted by atomic mass is 32.2. The second kappa shape index (κ2) is 10.6. The third-order valence-corrected chi connectivity index (χ3v) is 6.78. The summed E-state index contributed by atoms with van der Waals surface area (Å²) in [5.74, 6) is -0.760. The number of amides is 1. The number of aromatic nitrogens is 3. The predicted octanol–water partition coefficient (Wildman–Crippen LogP) is 1.88. The van der Waals surface area contributed by atoms with Gasteiger partial charge in [0.15, 0.2) is 5.75 Å². The lowest BCUT2D eigenvalue weighted by atomic mass is 10.1. The van der Waals surface area contributed by atoms with Crippen molar-refractivity contribution in [1.29, 1.82) is 0 Å². The highest BCUT2D eigenvalue weighted by Crippen LogP contribution is 2.34. The number of H-pyrrole nitrogens is 2. The molecule has 0 bridgehead atoms. The van der Waals surface area contributed by atoms with Gasteiger partial charge in [-0.3, -0.25) is 23.9 Å². The summed E-state index contributed by atoms with van der Waals surface area (Å²) in [6, 6.07) is 9.48. The van der Waals surface area contributed by atoms with Gasteiger partial charge < -0.3 is 15.5 Å².